The van der Waals surface area contributed by atoms with Crippen molar-refractivity contribution in [1.82, 2.24) is 5.32 Å². The Morgan fingerprint density at radius 3 is 2.61 bits per heavy atom. The van der Waals surface area contributed by atoms with Gasteiger partial charge in [-0.25, -0.2) is 0 Å². The lowest BCUT2D eigenvalue weighted by molar-refractivity contribution is 0.414. The average molecular weight is 326 g/mol. The number of rotatable bonds is 5. The van der Waals surface area contributed by atoms with Gasteiger partial charge in [0.1, 0.15) is 5.75 Å². The lowest BCUT2D eigenvalue weighted by Crippen LogP contribution is -2.17. The molecule has 1 aromatic heterocycles. The van der Waals surface area contributed by atoms with Crippen LogP contribution in [0.5, 0.6) is 5.75 Å². The number of hydrogen-bond acceptors (Lipinski definition) is 3. The van der Waals surface area contributed by atoms with Crippen LogP contribution in [0.15, 0.2) is 39.5 Å². The Morgan fingerprint density at radius 2 is 2.06 bits per heavy atom. The summed E-state index contributed by atoms with van der Waals surface area (Å²) in [5.74, 6) is 0.896. The number of hydrogen-bond donors (Lipinski definition) is 1. The lowest BCUT2D eigenvalue weighted by atomic mass is 10.1. The first kappa shape index (κ1) is 13.6. The van der Waals surface area contributed by atoms with Crippen LogP contribution in [0.1, 0.15) is 24.1 Å². The van der Waals surface area contributed by atoms with Crippen LogP contribution in [0.2, 0.25) is 0 Å². The zero-order valence-corrected chi connectivity index (χ0v) is 12.8. The summed E-state index contributed by atoms with van der Waals surface area (Å²) >= 11 is 5.19. The van der Waals surface area contributed by atoms with E-state index in [-0.39, 0.29) is 0 Å². The fourth-order valence-corrected chi connectivity index (χ4v) is 2.93. The van der Waals surface area contributed by atoms with Crippen LogP contribution in [-0.4, -0.2) is 7.11 Å². The molecule has 96 valence electrons. The second kappa shape index (κ2) is 6.36. The maximum Gasteiger partial charge on any atom is 0.118 e. The Morgan fingerprint density at radius 1 is 1.33 bits per heavy atom. The van der Waals surface area contributed by atoms with E-state index in [0.29, 0.717) is 6.04 Å². The number of halogens is 1. The van der Waals surface area contributed by atoms with Crippen LogP contribution in [-0.2, 0) is 6.54 Å². The highest BCUT2D eigenvalue weighted by Crippen LogP contribution is 2.22. The second-order valence-electron chi connectivity index (χ2n) is 4.13. The van der Waals surface area contributed by atoms with Gasteiger partial charge in [-0.3, -0.25) is 0 Å². The van der Waals surface area contributed by atoms with Crippen molar-refractivity contribution in [2.75, 3.05) is 7.11 Å². The molecule has 0 fully saturated rings. The van der Waals surface area contributed by atoms with Crippen molar-refractivity contribution >= 4 is 27.3 Å². The molecule has 0 aliphatic rings. The third-order valence-electron chi connectivity index (χ3n) is 2.85. The standard InChI is InChI=1S/C14H16BrNOS/c1-10(12-3-5-13(17-2)6-4-12)16-8-11-7-14(15)18-9-11/h3-7,9-10,16H,8H2,1-2H3/t10-/m0/s1. The summed E-state index contributed by atoms with van der Waals surface area (Å²) in [7, 11) is 1.69. The summed E-state index contributed by atoms with van der Waals surface area (Å²) in [4.78, 5) is 0. The number of methoxy groups -OCH3 is 1. The molecule has 0 saturated carbocycles. The van der Waals surface area contributed by atoms with Crippen molar-refractivity contribution in [3.05, 3.63) is 50.6 Å². The first-order valence-corrected chi connectivity index (χ1v) is 7.46. The smallest absolute Gasteiger partial charge is 0.118 e. The first-order chi connectivity index (χ1) is 8.69. The molecule has 18 heavy (non-hydrogen) atoms. The van der Waals surface area contributed by atoms with Gasteiger partial charge >= 0.3 is 0 Å². The molecule has 2 aromatic rings. The van der Waals surface area contributed by atoms with E-state index < -0.39 is 0 Å². The predicted molar refractivity (Wildman–Crippen MR) is 80.3 cm³/mol. The average Bonchev–Trinajstić information content (AvgIpc) is 2.82. The van der Waals surface area contributed by atoms with Gasteiger partial charge in [-0.15, -0.1) is 11.3 Å². The Hall–Kier alpha value is -0.840. The summed E-state index contributed by atoms with van der Waals surface area (Å²) in [6.07, 6.45) is 0. The largest absolute Gasteiger partial charge is 0.497 e. The number of thiophene rings is 1. The molecule has 1 N–H and O–H groups in total. The molecule has 0 aliphatic carbocycles. The lowest BCUT2D eigenvalue weighted by Gasteiger charge is -2.14. The molecule has 1 aromatic carbocycles. The van der Waals surface area contributed by atoms with E-state index in [1.807, 2.05) is 12.1 Å². The van der Waals surface area contributed by atoms with E-state index in [4.69, 9.17) is 4.74 Å². The normalized spacial score (nSPS) is 12.4. The summed E-state index contributed by atoms with van der Waals surface area (Å²) in [6.45, 7) is 3.05. The molecule has 2 nitrogen and oxygen atoms in total. The highest BCUT2D eigenvalue weighted by molar-refractivity contribution is 9.11. The van der Waals surface area contributed by atoms with E-state index in [1.165, 1.54) is 14.9 Å². The van der Waals surface area contributed by atoms with E-state index in [0.717, 1.165) is 12.3 Å². The summed E-state index contributed by atoms with van der Waals surface area (Å²) < 4.78 is 6.33. The molecular formula is C14H16BrNOS. The highest BCUT2D eigenvalue weighted by atomic mass is 79.9. The van der Waals surface area contributed by atoms with Crippen molar-refractivity contribution in [1.29, 1.82) is 0 Å². The van der Waals surface area contributed by atoms with Gasteiger partial charge in [0, 0.05) is 12.6 Å². The molecule has 0 radical (unpaired) electrons. The van der Waals surface area contributed by atoms with Crippen LogP contribution in [0.3, 0.4) is 0 Å². The first-order valence-electron chi connectivity index (χ1n) is 5.79. The molecule has 0 spiro atoms. The van der Waals surface area contributed by atoms with Crippen molar-refractivity contribution in [2.45, 2.75) is 19.5 Å². The molecule has 0 bridgehead atoms. The van der Waals surface area contributed by atoms with Crippen molar-refractivity contribution in [3.8, 4) is 5.75 Å². The molecule has 0 saturated heterocycles. The van der Waals surface area contributed by atoms with Crippen molar-refractivity contribution in [3.63, 3.8) is 0 Å². The van der Waals surface area contributed by atoms with Gasteiger partial charge in [0.15, 0.2) is 0 Å². The number of nitrogens with one attached hydrogen (secondary N) is 1. The SMILES string of the molecule is COc1ccc([C@H](C)NCc2csc(Br)c2)cc1. The second-order valence-corrected chi connectivity index (χ2v) is 6.43. The van der Waals surface area contributed by atoms with E-state index in [1.54, 1.807) is 18.4 Å². The molecule has 2 rings (SSSR count). The fourth-order valence-electron chi connectivity index (χ4n) is 1.72. The molecular weight excluding hydrogens is 310 g/mol. The van der Waals surface area contributed by atoms with Crippen LogP contribution >= 0.6 is 27.3 Å². The van der Waals surface area contributed by atoms with Gasteiger partial charge in [0.05, 0.1) is 10.9 Å². The fraction of sp³-hybridized carbons (Fsp3) is 0.286. The van der Waals surface area contributed by atoms with Crippen LogP contribution in [0.25, 0.3) is 0 Å². The van der Waals surface area contributed by atoms with Gasteiger partial charge in [0.2, 0.25) is 0 Å². The monoisotopic (exact) mass is 325 g/mol. The van der Waals surface area contributed by atoms with Gasteiger partial charge < -0.3 is 10.1 Å². The quantitative estimate of drug-likeness (QED) is 0.881. The molecule has 0 unspecified atom stereocenters. The molecule has 4 heteroatoms. The number of ether oxygens (including phenoxy) is 1. The highest BCUT2D eigenvalue weighted by Gasteiger charge is 2.05. The maximum absolute atomic E-state index is 5.16. The topological polar surface area (TPSA) is 21.3 Å². The molecule has 1 heterocycles. The minimum atomic E-state index is 0.328. The third-order valence-corrected chi connectivity index (χ3v) is 4.40. The summed E-state index contributed by atoms with van der Waals surface area (Å²) in [5, 5.41) is 5.68. The van der Waals surface area contributed by atoms with Crippen molar-refractivity contribution in [2.24, 2.45) is 0 Å². The van der Waals surface area contributed by atoms with Gasteiger partial charge in [-0.05, 0) is 57.6 Å². The molecule has 0 amide bonds. The predicted octanol–water partition coefficient (Wildman–Crippen LogP) is 4.37. The van der Waals surface area contributed by atoms with Gasteiger partial charge in [0.25, 0.3) is 0 Å². The van der Waals surface area contributed by atoms with Gasteiger partial charge in [-0.2, -0.15) is 0 Å². The Balaban J connectivity index is 1.92. The van der Waals surface area contributed by atoms with E-state index in [2.05, 4.69) is 51.7 Å². The molecule has 1 atom stereocenters. The van der Waals surface area contributed by atoms with Crippen LogP contribution < -0.4 is 10.1 Å². The van der Waals surface area contributed by atoms with E-state index >= 15 is 0 Å². The number of benzene rings is 1. The maximum atomic E-state index is 5.16. The summed E-state index contributed by atoms with van der Waals surface area (Å²) in [6, 6.07) is 10.7. The zero-order chi connectivity index (χ0) is 13.0. The minimum Gasteiger partial charge on any atom is -0.497 e. The zero-order valence-electron chi connectivity index (χ0n) is 10.4. The Bertz CT molecular complexity index is 495. The Labute approximate surface area is 120 Å². The minimum absolute atomic E-state index is 0.328. The van der Waals surface area contributed by atoms with Crippen molar-refractivity contribution < 1.29 is 4.74 Å². The van der Waals surface area contributed by atoms with Gasteiger partial charge in [-0.1, -0.05) is 12.1 Å². The third kappa shape index (κ3) is 3.57. The Kier molecular flexibility index (Phi) is 4.80. The molecule has 0 aliphatic heterocycles. The van der Waals surface area contributed by atoms with E-state index in [9.17, 15) is 0 Å². The van der Waals surface area contributed by atoms with Crippen LogP contribution in [0.4, 0.5) is 0 Å². The summed E-state index contributed by atoms with van der Waals surface area (Å²) in [5.41, 5.74) is 2.58. The van der Waals surface area contributed by atoms with Crippen LogP contribution in [0, 0.1) is 0 Å².